The van der Waals surface area contributed by atoms with E-state index in [1.807, 2.05) is 0 Å². The number of aliphatic hydroxyl groups is 2. The smallest absolute Gasteiger partial charge is 0.220 e. The predicted molar refractivity (Wildman–Crippen MR) is 327 cm³/mol. The number of nitrogens with one attached hydrogen (secondary N) is 1. The summed E-state index contributed by atoms with van der Waals surface area (Å²) in [5.74, 6) is -0.0225. The molecular formula is C69H135NO3. The Hall–Kier alpha value is -1.13. The normalized spacial score (nSPS) is 12.8. The third kappa shape index (κ3) is 61.6. The molecule has 73 heavy (non-hydrogen) atoms. The van der Waals surface area contributed by atoms with Gasteiger partial charge in [-0.3, -0.25) is 4.79 Å². The number of amides is 1. The lowest BCUT2D eigenvalue weighted by Crippen LogP contribution is -2.45. The average molecular weight is 1030 g/mol. The third-order valence-electron chi connectivity index (χ3n) is 16.2. The van der Waals surface area contributed by atoms with Crippen molar-refractivity contribution in [2.75, 3.05) is 6.61 Å². The molecule has 2 unspecified atom stereocenters. The van der Waals surface area contributed by atoms with E-state index in [2.05, 4.69) is 43.5 Å². The molecule has 3 N–H and O–H groups in total. The van der Waals surface area contributed by atoms with Gasteiger partial charge in [-0.1, -0.05) is 366 Å². The van der Waals surface area contributed by atoms with Crippen LogP contribution in [0.25, 0.3) is 0 Å². The highest BCUT2D eigenvalue weighted by molar-refractivity contribution is 5.76. The van der Waals surface area contributed by atoms with Crippen molar-refractivity contribution < 1.29 is 15.0 Å². The van der Waals surface area contributed by atoms with E-state index in [9.17, 15) is 15.0 Å². The minimum Gasteiger partial charge on any atom is -0.394 e. The number of rotatable bonds is 64. The highest BCUT2D eigenvalue weighted by Crippen LogP contribution is 2.19. The molecule has 0 bridgehead atoms. The first-order valence-corrected chi connectivity index (χ1v) is 34.0. The molecular weight excluding hydrogens is 891 g/mol. The van der Waals surface area contributed by atoms with Gasteiger partial charge in [0.05, 0.1) is 18.8 Å². The van der Waals surface area contributed by atoms with Gasteiger partial charge >= 0.3 is 0 Å². The van der Waals surface area contributed by atoms with E-state index in [4.69, 9.17) is 0 Å². The summed E-state index contributed by atoms with van der Waals surface area (Å²) in [7, 11) is 0. The van der Waals surface area contributed by atoms with Gasteiger partial charge < -0.3 is 15.5 Å². The summed E-state index contributed by atoms with van der Waals surface area (Å²) < 4.78 is 0. The van der Waals surface area contributed by atoms with Crippen molar-refractivity contribution in [3.8, 4) is 0 Å². The molecule has 0 aliphatic heterocycles. The molecule has 0 saturated heterocycles. The Kier molecular flexibility index (Phi) is 64.1. The van der Waals surface area contributed by atoms with Crippen LogP contribution >= 0.6 is 0 Å². The van der Waals surface area contributed by atoms with E-state index < -0.39 is 12.1 Å². The minimum atomic E-state index is -0.659. The number of aliphatic hydroxyl groups excluding tert-OH is 2. The van der Waals surface area contributed by atoms with Crippen LogP contribution in [0.1, 0.15) is 393 Å². The maximum atomic E-state index is 12.6. The SMILES string of the molecule is CCCCCCC/C=C\C/C=C\CCCCCCCCCCCCCCCCCCCCCC(=O)NC(CO)C(O)CCCCCCCCCCCCCCCCCCCCCCCCCCCCCCCC. The molecule has 0 aromatic rings. The molecule has 0 aliphatic rings. The second-order valence-corrected chi connectivity index (χ2v) is 23.6. The molecule has 434 valence electrons. The first-order chi connectivity index (χ1) is 36.2. The first kappa shape index (κ1) is 71.9. The average Bonchev–Trinajstić information content (AvgIpc) is 3.40. The second-order valence-electron chi connectivity index (χ2n) is 23.6. The monoisotopic (exact) mass is 1030 g/mol. The van der Waals surface area contributed by atoms with Gasteiger partial charge in [0.1, 0.15) is 0 Å². The van der Waals surface area contributed by atoms with Crippen LogP contribution in [0.2, 0.25) is 0 Å². The van der Waals surface area contributed by atoms with Crippen molar-refractivity contribution in [3.05, 3.63) is 24.3 Å². The summed E-state index contributed by atoms with van der Waals surface area (Å²) in [5, 5.41) is 23.5. The van der Waals surface area contributed by atoms with Crippen LogP contribution in [-0.2, 0) is 4.79 Å². The van der Waals surface area contributed by atoms with Crippen molar-refractivity contribution in [2.24, 2.45) is 0 Å². The zero-order valence-corrected chi connectivity index (χ0v) is 50.2. The van der Waals surface area contributed by atoms with E-state index in [0.717, 1.165) is 32.1 Å². The van der Waals surface area contributed by atoms with Crippen molar-refractivity contribution >= 4 is 5.91 Å². The van der Waals surface area contributed by atoms with Crippen LogP contribution in [0.3, 0.4) is 0 Å². The first-order valence-electron chi connectivity index (χ1n) is 34.0. The molecule has 0 aliphatic carbocycles. The van der Waals surface area contributed by atoms with Gasteiger partial charge in [0.2, 0.25) is 5.91 Å². The number of carbonyl (C=O) groups is 1. The molecule has 1 amide bonds. The quantitative estimate of drug-likeness (QED) is 0.0420. The fourth-order valence-electron chi connectivity index (χ4n) is 11.0. The van der Waals surface area contributed by atoms with Crippen LogP contribution in [-0.4, -0.2) is 34.9 Å². The highest BCUT2D eigenvalue weighted by atomic mass is 16.3. The lowest BCUT2D eigenvalue weighted by Gasteiger charge is -2.22. The number of hydrogen-bond donors (Lipinski definition) is 3. The molecule has 0 saturated carbocycles. The van der Waals surface area contributed by atoms with Crippen molar-refractivity contribution in [3.63, 3.8) is 0 Å². The molecule has 0 radical (unpaired) electrons. The van der Waals surface area contributed by atoms with Crippen LogP contribution < -0.4 is 5.32 Å². The number of hydrogen-bond acceptors (Lipinski definition) is 3. The summed E-state index contributed by atoms with van der Waals surface area (Å²) in [5.41, 5.74) is 0. The Bertz CT molecular complexity index is 1070. The molecule has 0 spiro atoms. The zero-order chi connectivity index (χ0) is 52.7. The second kappa shape index (κ2) is 65.2. The largest absolute Gasteiger partial charge is 0.394 e. The van der Waals surface area contributed by atoms with Gasteiger partial charge in [0.15, 0.2) is 0 Å². The topological polar surface area (TPSA) is 69.6 Å². The molecule has 0 heterocycles. The Morgan fingerprint density at radius 1 is 0.329 bits per heavy atom. The van der Waals surface area contributed by atoms with Gasteiger partial charge in [-0.2, -0.15) is 0 Å². The van der Waals surface area contributed by atoms with Crippen LogP contribution in [0, 0.1) is 0 Å². The van der Waals surface area contributed by atoms with Crippen LogP contribution in [0.4, 0.5) is 0 Å². The molecule has 4 heteroatoms. The van der Waals surface area contributed by atoms with Gasteiger partial charge in [-0.05, 0) is 44.9 Å². The summed E-state index contributed by atoms with van der Waals surface area (Å²) in [6.07, 6.45) is 88.0. The molecule has 4 nitrogen and oxygen atoms in total. The van der Waals surface area contributed by atoms with Gasteiger partial charge in [0, 0.05) is 6.42 Å². The lowest BCUT2D eigenvalue weighted by atomic mass is 10.0. The molecule has 0 aromatic heterocycles. The zero-order valence-electron chi connectivity index (χ0n) is 50.2. The lowest BCUT2D eigenvalue weighted by molar-refractivity contribution is -0.123. The van der Waals surface area contributed by atoms with E-state index in [-0.39, 0.29) is 12.5 Å². The molecule has 0 fully saturated rings. The summed E-state index contributed by atoms with van der Waals surface area (Å²) >= 11 is 0. The van der Waals surface area contributed by atoms with Crippen LogP contribution in [0.15, 0.2) is 24.3 Å². The Balaban J connectivity index is 3.38. The fourth-order valence-corrected chi connectivity index (χ4v) is 11.0. The van der Waals surface area contributed by atoms with Crippen molar-refractivity contribution in [1.82, 2.24) is 5.32 Å². The summed E-state index contributed by atoms with van der Waals surface area (Å²) in [6, 6.07) is -0.536. The Morgan fingerprint density at radius 2 is 0.562 bits per heavy atom. The number of allylic oxidation sites excluding steroid dienone is 4. The van der Waals surface area contributed by atoms with E-state index in [1.54, 1.807) is 0 Å². The summed E-state index contributed by atoms with van der Waals surface area (Å²) in [6.45, 7) is 4.40. The molecule has 0 rings (SSSR count). The maximum Gasteiger partial charge on any atom is 0.220 e. The standard InChI is InChI=1S/C69H135NO3/c1-3-5-7-9-11-13-15-17-19-21-23-25-27-29-31-33-35-37-39-41-43-45-47-49-51-53-55-57-59-61-63-65-69(73)70-67(66-71)68(72)64-62-60-58-56-54-52-50-48-46-44-42-40-38-36-34-32-30-28-26-24-22-20-18-16-14-12-10-8-6-4-2/h15,17,21,23,67-68,71-72H,3-14,16,18-20,22,24-66H2,1-2H3,(H,70,73)/b17-15-,23-21-. The van der Waals surface area contributed by atoms with Gasteiger partial charge in [-0.15, -0.1) is 0 Å². The Morgan fingerprint density at radius 3 is 0.822 bits per heavy atom. The van der Waals surface area contributed by atoms with E-state index in [0.29, 0.717) is 12.8 Å². The highest BCUT2D eigenvalue weighted by Gasteiger charge is 2.20. The van der Waals surface area contributed by atoms with E-state index in [1.165, 1.54) is 334 Å². The third-order valence-corrected chi connectivity index (χ3v) is 16.2. The van der Waals surface area contributed by atoms with Crippen molar-refractivity contribution in [1.29, 1.82) is 0 Å². The van der Waals surface area contributed by atoms with E-state index >= 15 is 0 Å². The van der Waals surface area contributed by atoms with Gasteiger partial charge in [-0.25, -0.2) is 0 Å². The Labute approximate surface area is 459 Å². The van der Waals surface area contributed by atoms with Crippen LogP contribution in [0.5, 0.6) is 0 Å². The fraction of sp³-hybridized carbons (Fsp3) is 0.928. The van der Waals surface area contributed by atoms with Crippen molar-refractivity contribution in [2.45, 2.75) is 405 Å². The summed E-state index contributed by atoms with van der Waals surface area (Å²) in [4.78, 5) is 12.6. The number of carbonyl (C=O) groups excluding carboxylic acids is 1. The molecule has 0 aromatic carbocycles. The predicted octanol–water partition coefficient (Wildman–Crippen LogP) is 23.0. The minimum absolute atomic E-state index is 0.0225. The molecule has 2 atom stereocenters. The van der Waals surface area contributed by atoms with Gasteiger partial charge in [0.25, 0.3) is 0 Å². The number of unbranched alkanes of at least 4 members (excludes halogenated alkanes) is 53. The maximum absolute atomic E-state index is 12.6.